The second-order valence-corrected chi connectivity index (χ2v) is 4.92. The highest BCUT2D eigenvalue weighted by molar-refractivity contribution is 6.32. The van der Waals surface area contributed by atoms with Crippen molar-refractivity contribution in [3.8, 4) is 22.4 Å². The van der Waals surface area contributed by atoms with Gasteiger partial charge in [-0.2, -0.15) is 0 Å². The number of nitrogen functional groups attached to an aromatic ring is 1. The van der Waals surface area contributed by atoms with Gasteiger partial charge in [0.05, 0.1) is 16.9 Å². The summed E-state index contributed by atoms with van der Waals surface area (Å²) in [6, 6.07) is 14.0. The summed E-state index contributed by atoms with van der Waals surface area (Å²) in [5.74, 6) is -0.0943. The Bertz CT molecular complexity index is 788. The fourth-order valence-electron chi connectivity index (χ4n) is 2.07. The maximum atomic E-state index is 13.0. The molecule has 5 heteroatoms. The molecule has 0 aliphatic heterocycles. The molecule has 21 heavy (non-hydrogen) atoms. The Balaban J connectivity index is 2.08. The Hall–Kier alpha value is -2.46. The number of nitrogens with zero attached hydrogens (tertiary/aromatic N) is 2. The van der Waals surface area contributed by atoms with Crippen molar-refractivity contribution in [1.82, 2.24) is 9.97 Å². The normalized spacial score (nSPS) is 10.6. The maximum Gasteiger partial charge on any atom is 0.220 e. The lowest BCUT2D eigenvalue weighted by Gasteiger charge is -2.07. The van der Waals surface area contributed by atoms with Crippen LogP contribution in [0, 0.1) is 5.82 Å². The van der Waals surface area contributed by atoms with Gasteiger partial charge in [0.1, 0.15) is 5.82 Å². The van der Waals surface area contributed by atoms with E-state index < -0.39 is 0 Å². The van der Waals surface area contributed by atoms with Crippen molar-refractivity contribution in [2.45, 2.75) is 0 Å². The van der Waals surface area contributed by atoms with Gasteiger partial charge in [0.15, 0.2) is 0 Å². The fourth-order valence-corrected chi connectivity index (χ4v) is 2.27. The molecular weight excluding hydrogens is 289 g/mol. The summed E-state index contributed by atoms with van der Waals surface area (Å²) in [5, 5.41) is 0.431. The molecule has 0 aliphatic rings. The van der Waals surface area contributed by atoms with Gasteiger partial charge in [-0.1, -0.05) is 41.9 Å². The Morgan fingerprint density at radius 3 is 2.43 bits per heavy atom. The highest BCUT2D eigenvalue weighted by Gasteiger charge is 2.08. The summed E-state index contributed by atoms with van der Waals surface area (Å²) in [7, 11) is 0. The van der Waals surface area contributed by atoms with Crippen molar-refractivity contribution in [2.75, 3.05) is 5.73 Å². The van der Waals surface area contributed by atoms with Crippen LogP contribution in [0.1, 0.15) is 0 Å². The summed E-state index contributed by atoms with van der Waals surface area (Å²) in [4.78, 5) is 8.01. The molecule has 0 atom stereocenters. The van der Waals surface area contributed by atoms with E-state index in [1.54, 1.807) is 12.1 Å². The number of benzene rings is 2. The van der Waals surface area contributed by atoms with E-state index in [9.17, 15) is 4.39 Å². The smallest absolute Gasteiger partial charge is 0.220 e. The Morgan fingerprint density at radius 2 is 1.67 bits per heavy atom. The second kappa shape index (κ2) is 5.50. The van der Waals surface area contributed by atoms with Crippen molar-refractivity contribution in [1.29, 1.82) is 0 Å². The van der Waals surface area contributed by atoms with Gasteiger partial charge in [-0.25, -0.2) is 14.4 Å². The van der Waals surface area contributed by atoms with Crippen molar-refractivity contribution in [3.05, 3.63) is 65.6 Å². The summed E-state index contributed by atoms with van der Waals surface area (Å²) in [5.41, 5.74) is 8.87. The first-order chi connectivity index (χ1) is 10.1. The Morgan fingerprint density at radius 1 is 0.952 bits per heavy atom. The van der Waals surface area contributed by atoms with Crippen LogP contribution >= 0.6 is 11.6 Å². The molecule has 0 saturated carbocycles. The zero-order valence-electron chi connectivity index (χ0n) is 10.9. The molecular formula is C16H11ClFN3. The summed E-state index contributed by atoms with van der Waals surface area (Å²) < 4.78 is 13.0. The first-order valence-corrected chi connectivity index (χ1v) is 6.66. The minimum atomic E-state index is -0.262. The first kappa shape index (κ1) is 13.5. The number of halogens is 2. The Kier molecular flexibility index (Phi) is 3.54. The van der Waals surface area contributed by atoms with Gasteiger partial charge in [-0.3, -0.25) is 0 Å². The van der Waals surface area contributed by atoms with E-state index in [1.807, 2.05) is 24.3 Å². The molecule has 2 aromatic carbocycles. The van der Waals surface area contributed by atoms with Gasteiger partial charge < -0.3 is 5.73 Å². The van der Waals surface area contributed by atoms with E-state index in [1.165, 1.54) is 18.3 Å². The second-order valence-electron chi connectivity index (χ2n) is 4.51. The molecule has 0 amide bonds. The number of nitrogens with two attached hydrogens (primary N) is 1. The third kappa shape index (κ3) is 2.85. The molecule has 0 saturated heterocycles. The van der Waals surface area contributed by atoms with E-state index in [4.69, 9.17) is 17.3 Å². The summed E-state index contributed by atoms with van der Waals surface area (Å²) >= 11 is 6.12. The standard InChI is InChI=1S/C16H11ClFN3/c17-14-9-20-16(19)21-15(14)12-3-1-2-11(8-12)10-4-6-13(18)7-5-10/h1-9H,(H2,19,20,21). The lowest BCUT2D eigenvalue weighted by atomic mass is 10.0. The van der Waals surface area contributed by atoms with Crippen molar-refractivity contribution >= 4 is 17.5 Å². The van der Waals surface area contributed by atoms with Gasteiger partial charge in [0.25, 0.3) is 0 Å². The lowest BCUT2D eigenvalue weighted by molar-refractivity contribution is 0.628. The van der Waals surface area contributed by atoms with E-state index in [2.05, 4.69) is 9.97 Å². The van der Waals surface area contributed by atoms with Crippen molar-refractivity contribution < 1.29 is 4.39 Å². The molecule has 0 bridgehead atoms. The number of aromatic nitrogens is 2. The van der Waals surface area contributed by atoms with Crippen LogP contribution in [0.3, 0.4) is 0 Å². The number of rotatable bonds is 2. The van der Waals surface area contributed by atoms with Crippen LogP contribution in [0.2, 0.25) is 5.02 Å². The largest absolute Gasteiger partial charge is 0.368 e. The third-order valence-corrected chi connectivity index (χ3v) is 3.35. The summed E-state index contributed by atoms with van der Waals surface area (Å²) in [6.07, 6.45) is 1.48. The summed E-state index contributed by atoms with van der Waals surface area (Å²) in [6.45, 7) is 0. The molecule has 0 aliphatic carbocycles. The van der Waals surface area contributed by atoms with Crippen LogP contribution in [0.5, 0.6) is 0 Å². The molecule has 2 N–H and O–H groups in total. The van der Waals surface area contributed by atoms with Crippen LogP contribution in [0.4, 0.5) is 10.3 Å². The van der Waals surface area contributed by atoms with Gasteiger partial charge in [0, 0.05) is 5.56 Å². The van der Waals surface area contributed by atoms with E-state index in [0.717, 1.165) is 16.7 Å². The minimum Gasteiger partial charge on any atom is -0.368 e. The maximum absolute atomic E-state index is 13.0. The quantitative estimate of drug-likeness (QED) is 0.772. The molecule has 0 spiro atoms. The zero-order chi connectivity index (χ0) is 14.8. The molecule has 1 heterocycles. The molecule has 3 rings (SSSR count). The van der Waals surface area contributed by atoms with Crippen LogP contribution in [-0.2, 0) is 0 Å². The zero-order valence-corrected chi connectivity index (χ0v) is 11.7. The average Bonchev–Trinajstić information content (AvgIpc) is 2.50. The SMILES string of the molecule is Nc1ncc(Cl)c(-c2cccc(-c3ccc(F)cc3)c2)n1. The molecule has 1 aromatic heterocycles. The predicted octanol–water partition coefficient (Wildman–Crippen LogP) is 4.19. The van der Waals surface area contributed by atoms with Crippen molar-refractivity contribution in [3.63, 3.8) is 0 Å². The topological polar surface area (TPSA) is 51.8 Å². The molecule has 104 valence electrons. The molecule has 0 fully saturated rings. The van der Waals surface area contributed by atoms with E-state index in [0.29, 0.717) is 10.7 Å². The molecule has 0 unspecified atom stereocenters. The van der Waals surface area contributed by atoms with Crippen molar-refractivity contribution in [2.24, 2.45) is 0 Å². The van der Waals surface area contributed by atoms with Crippen LogP contribution in [0.15, 0.2) is 54.7 Å². The lowest BCUT2D eigenvalue weighted by Crippen LogP contribution is -1.96. The highest BCUT2D eigenvalue weighted by Crippen LogP contribution is 2.29. The fraction of sp³-hybridized carbons (Fsp3) is 0. The average molecular weight is 300 g/mol. The first-order valence-electron chi connectivity index (χ1n) is 6.28. The van der Waals surface area contributed by atoms with Crippen LogP contribution in [-0.4, -0.2) is 9.97 Å². The van der Waals surface area contributed by atoms with Gasteiger partial charge in [0.2, 0.25) is 5.95 Å². The van der Waals surface area contributed by atoms with Crippen LogP contribution < -0.4 is 5.73 Å². The van der Waals surface area contributed by atoms with Crippen LogP contribution in [0.25, 0.3) is 22.4 Å². The van der Waals surface area contributed by atoms with E-state index in [-0.39, 0.29) is 11.8 Å². The predicted molar refractivity (Wildman–Crippen MR) is 82.3 cm³/mol. The highest BCUT2D eigenvalue weighted by atomic mass is 35.5. The van der Waals surface area contributed by atoms with Gasteiger partial charge in [-0.05, 0) is 29.3 Å². The third-order valence-electron chi connectivity index (χ3n) is 3.08. The number of hydrogen-bond donors (Lipinski definition) is 1. The molecule has 3 nitrogen and oxygen atoms in total. The molecule has 3 aromatic rings. The monoisotopic (exact) mass is 299 g/mol. The number of hydrogen-bond acceptors (Lipinski definition) is 3. The van der Waals surface area contributed by atoms with E-state index >= 15 is 0 Å². The molecule has 0 radical (unpaired) electrons. The van der Waals surface area contributed by atoms with Gasteiger partial charge in [-0.15, -0.1) is 0 Å². The Labute approximate surface area is 126 Å². The minimum absolute atomic E-state index is 0.168. The number of anilines is 1. The van der Waals surface area contributed by atoms with Gasteiger partial charge >= 0.3 is 0 Å².